The third-order valence-corrected chi connectivity index (χ3v) is 3.96. The maximum atomic E-state index is 11.9. The summed E-state index contributed by atoms with van der Waals surface area (Å²) in [4.78, 5) is 2.12. The molecule has 17 heavy (non-hydrogen) atoms. The highest BCUT2D eigenvalue weighted by Crippen LogP contribution is 2.26. The number of hydrogen-bond acceptors (Lipinski definition) is 4. The lowest BCUT2D eigenvalue weighted by Gasteiger charge is -2.21. The van der Waals surface area contributed by atoms with Crippen molar-refractivity contribution in [2.45, 2.75) is 18.2 Å². The number of rotatable bonds is 5. The molecule has 0 aliphatic heterocycles. The first kappa shape index (κ1) is 13.8. The summed E-state index contributed by atoms with van der Waals surface area (Å²) in [5, 5.41) is 0. The van der Waals surface area contributed by atoms with E-state index in [-0.39, 0.29) is 4.90 Å². The van der Waals surface area contributed by atoms with Gasteiger partial charge in [0.25, 0.3) is 0 Å². The van der Waals surface area contributed by atoms with Gasteiger partial charge in [-0.1, -0.05) is 6.92 Å². The van der Waals surface area contributed by atoms with Crippen LogP contribution >= 0.6 is 0 Å². The van der Waals surface area contributed by atoms with E-state index in [1.807, 2.05) is 18.9 Å². The van der Waals surface area contributed by atoms with Gasteiger partial charge >= 0.3 is 0 Å². The van der Waals surface area contributed by atoms with Crippen LogP contribution in [0.15, 0.2) is 23.1 Å². The molecule has 1 aromatic carbocycles. The highest BCUT2D eigenvalue weighted by Gasteiger charge is 2.19. The topological polar surface area (TPSA) is 75.4 Å². The Morgan fingerprint density at radius 1 is 1.41 bits per heavy atom. The van der Waals surface area contributed by atoms with Crippen LogP contribution in [0.2, 0.25) is 0 Å². The van der Waals surface area contributed by atoms with Crippen molar-refractivity contribution in [2.75, 3.05) is 31.3 Å². The van der Waals surface area contributed by atoms with Crippen molar-refractivity contribution in [3.63, 3.8) is 0 Å². The fourth-order valence-corrected chi connectivity index (χ4v) is 2.64. The Hall–Kier alpha value is -1.27. The van der Waals surface area contributed by atoms with Crippen molar-refractivity contribution in [1.29, 1.82) is 0 Å². The fraction of sp³-hybridized carbons (Fsp3) is 0.455. The lowest BCUT2D eigenvalue weighted by molar-refractivity contribution is 0.588. The van der Waals surface area contributed by atoms with Crippen molar-refractivity contribution >= 4 is 21.4 Å². The van der Waals surface area contributed by atoms with Crippen LogP contribution in [0.5, 0.6) is 0 Å². The zero-order valence-electron chi connectivity index (χ0n) is 10.4. The van der Waals surface area contributed by atoms with Crippen LogP contribution in [0.25, 0.3) is 0 Å². The fourth-order valence-electron chi connectivity index (χ4n) is 1.63. The lowest BCUT2D eigenvalue weighted by Crippen LogP contribution is -2.25. The van der Waals surface area contributed by atoms with Gasteiger partial charge in [0.2, 0.25) is 10.0 Å². The minimum Gasteiger partial charge on any atom is -0.399 e. The molecule has 0 aromatic heterocycles. The predicted molar refractivity (Wildman–Crippen MR) is 70.7 cm³/mol. The molecule has 0 aliphatic carbocycles. The Labute approximate surface area is 103 Å². The van der Waals surface area contributed by atoms with Crippen LogP contribution in [0, 0.1) is 0 Å². The molecule has 0 saturated heterocycles. The van der Waals surface area contributed by atoms with Gasteiger partial charge in [-0.2, -0.15) is 0 Å². The van der Waals surface area contributed by atoms with Crippen LogP contribution in [0.4, 0.5) is 11.4 Å². The van der Waals surface area contributed by atoms with Gasteiger partial charge in [-0.15, -0.1) is 0 Å². The molecule has 0 unspecified atom stereocenters. The van der Waals surface area contributed by atoms with Crippen LogP contribution < -0.4 is 15.4 Å². The van der Waals surface area contributed by atoms with Gasteiger partial charge in [-0.3, -0.25) is 0 Å². The molecule has 0 heterocycles. The van der Waals surface area contributed by atoms with Gasteiger partial charge in [-0.05, 0) is 31.7 Å². The summed E-state index contributed by atoms with van der Waals surface area (Å²) in [5.74, 6) is 0. The molecule has 0 atom stereocenters. The molecule has 5 nitrogen and oxygen atoms in total. The number of nitrogens with two attached hydrogens (primary N) is 1. The van der Waals surface area contributed by atoms with Crippen molar-refractivity contribution in [1.82, 2.24) is 4.72 Å². The molecular weight excluding hydrogens is 238 g/mol. The largest absolute Gasteiger partial charge is 0.399 e. The van der Waals surface area contributed by atoms with Gasteiger partial charge in [0.1, 0.15) is 4.90 Å². The Balaban J connectivity index is 3.31. The van der Waals surface area contributed by atoms with E-state index in [0.29, 0.717) is 11.4 Å². The summed E-state index contributed by atoms with van der Waals surface area (Å²) in [7, 11) is -0.231. The van der Waals surface area contributed by atoms with E-state index in [1.54, 1.807) is 12.1 Å². The number of nitrogen functional groups attached to an aromatic ring is 1. The molecule has 1 rings (SSSR count). The average molecular weight is 257 g/mol. The van der Waals surface area contributed by atoms with Gasteiger partial charge in [0, 0.05) is 19.3 Å². The quantitative estimate of drug-likeness (QED) is 0.772. The Morgan fingerprint density at radius 2 is 2.06 bits per heavy atom. The third kappa shape index (κ3) is 3.10. The van der Waals surface area contributed by atoms with E-state index in [4.69, 9.17) is 5.73 Å². The number of nitrogens with zero attached hydrogens (tertiary/aromatic N) is 1. The number of nitrogens with one attached hydrogen (secondary N) is 1. The molecule has 0 saturated carbocycles. The SMILES string of the molecule is CCCN(C)c1ccc(N)cc1S(=O)(=O)NC. The van der Waals surface area contributed by atoms with Crippen LogP contribution in [0.3, 0.4) is 0 Å². The first-order valence-electron chi connectivity index (χ1n) is 5.46. The summed E-state index contributed by atoms with van der Waals surface area (Å²) in [6.45, 7) is 2.83. The molecule has 0 aliphatic rings. The molecule has 0 spiro atoms. The summed E-state index contributed by atoms with van der Waals surface area (Å²) in [6, 6.07) is 4.92. The highest BCUT2D eigenvalue weighted by molar-refractivity contribution is 7.89. The lowest BCUT2D eigenvalue weighted by atomic mass is 10.2. The van der Waals surface area contributed by atoms with Crippen molar-refractivity contribution in [3.05, 3.63) is 18.2 Å². The van der Waals surface area contributed by atoms with Gasteiger partial charge < -0.3 is 10.6 Å². The second kappa shape index (κ2) is 5.37. The highest BCUT2D eigenvalue weighted by atomic mass is 32.2. The monoisotopic (exact) mass is 257 g/mol. The van der Waals surface area contributed by atoms with Gasteiger partial charge in [0.15, 0.2) is 0 Å². The molecule has 3 N–H and O–H groups in total. The Bertz CT molecular complexity index is 485. The first-order chi connectivity index (χ1) is 7.92. The molecule has 0 radical (unpaired) electrons. The summed E-state index contributed by atoms with van der Waals surface area (Å²) < 4.78 is 26.1. The summed E-state index contributed by atoms with van der Waals surface area (Å²) >= 11 is 0. The number of hydrogen-bond donors (Lipinski definition) is 2. The predicted octanol–water partition coefficient (Wildman–Crippen LogP) is 1.02. The molecule has 0 bridgehead atoms. The molecule has 6 heteroatoms. The zero-order chi connectivity index (χ0) is 13.1. The van der Waals surface area contributed by atoms with Gasteiger partial charge in [0.05, 0.1) is 5.69 Å². The van der Waals surface area contributed by atoms with E-state index in [0.717, 1.165) is 13.0 Å². The van der Waals surface area contributed by atoms with Gasteiger partial charge in [-0.25, -0.2) is 13.1 Å². The first-order valence-corrected chi connectivity index (χ1v) is 6.95. The average Bonchev–Trinajstić information content (AvgIpc) is 2.29. The van der Waals surface area contributed by atoms with E-state index >= 15 is 0 Å². The maximum Gasteiger partial charge on any atom is 0.242 e. The summed E-state index contributed by atoms with van der Waals surface area (Å²) in [5.41, 5.74) is 6.74. The van der Waals surface area contributed by atoms with Crippen molar-refractivity contribution in [3.8, 4) is 0 Å². The van der Waals surface area contributed by atoms with Crippen molar-refractivity contribution < 1.29 is 8.42 Å². The molecule has 0 fully saturated rings. The number of benzene rings is 1. The molecular formula is C11H19N3O2S. The smallest absolute Gasteiger partial charge is 0.242 e. The molecule has 0 amide bonds. The normalized spacial score (nSPS) is 11.5. The summed E-state index contributed by atoms with van der Waals surface area (Å²) in [6.07, 6.45) is 0.944. The standard InChI is InChI=1S/C11H19N3O2S/c1-4-7-14(3)10-6-5-9(12)8-11(10)17(15,16)13-2/h5-6,8,13H,4,7,12H2,1-3H3. The van der Waals surface area contributed by atoms with E-state index in [9.17, 15) is 8.42 Å². The van der Waals surface area contributed by atoms with E-state index < -0.39 is 10.0 Å². The number of anilines is 2. The Morgan fingerprint density at radius 3 is 2.59 bits per heavy atom. The molecule has 1 aromatic rings. The third-order valence-electron chi connectivity index (χ3n) is 2.51. The van der Waals surface area contributed by atoms with E-state index in [2.05, 4.69) is 4.72 Å². The molecule has 96 valence electrons. The Kier molecular flexibility index (Phi) is 4.36. The zero-order valence-corrected chi connectivity index (χ0v) is 11.2. The van der Waals surface area contributed by atoms with Crippen LogP contribution in [0.1, 0.15) is 13.3 Å². The maximum absolute atomic E-state index is 11.9. The van der Waals surface area contributed by atoms with Crippen LogP contribution in [-0.2, 0) is 10.0 Å². The minimum atomic E-state index is -3.49. The number of sulfonamides is 1. The van der Waals surface area contributed by atoms with Crippen LogP contribution in [-0.4, -0.2) is 29.1 Å². The van der Waals surface area contributed by atoms with Crippen molar-refractivity contribution in [2.24, 2.45) is 0 Å². The van der Waals surface area contributed by atoms with E-state index in [1.165, 1.54) is 13.1 Å². The minimum absolute atomic E-state index is 0.218. The second-order valence-corrected chi connectivity index (χ2v) is 5.71. The second-order valence-electron chi connectivity index (χ2n) is 3.86.